The highest BCUT2D eigenvalue weighted by atomic mass is 15.4. The van der Waals surface area contributed by atoms with Crippen molar-refractivity contribution in [3.05, 3.63) is 90.5 Å². The summed E-state index contributed by atoms with van der Waals surface area (Å²) in [5, 5.41) is 4.79. The van der Waals surface area contributed by atoms with E-state index in [0.29, 0.717) is 0 Å². The Balaban J connectivity index is 1.94. The van der Waals surface area contributed by atoms with E-state index in [1.54, 1.807) is 0 Å². The molecule has 116 valence electrons. The lowest BCUT2D eigenvalue weighted by molar-refractivity contribution is 0.882. The quantitative estimate of drug-likeness (QED) is 0.538. The van der Waals surface area contributed by atoms with Crippen LogP contribution >= 0.6 is 0 Å². The number of aryl methyl sites for hydroxylation is 1. The Hall–Kier alpha value is -3.20. The molecule has 0 saturated carbocycles. The summed E-state index contributed by atoms with van der Waals surface area (Å²) in [5.41, 5.74) is 4.28. The van der Waals surface area contributed by atoms with Gasteiger partial charge in [0, 0.05) is 11.1 Å². The van der Waals surface area contributed by atoms with Crippen LogP contribution in [0.3, 0.4) is 0 Å². The minimum atomic E-state index is 0.734. The van der Waals surface area contributed by atoms with E-state index < -0.39 is 0 Å². The summed E-state index contributed by atoms with van der Waals surface area (Å²) in [6.07, 6.45) is 0. The molecule has 0 unspecified atom stereocenters. The molecule has 24 heavy (non-hydrogen) atoms. The Morgan fingerprint density at radius 1 is 0.667 bits per heavy atom. The van der Waals surface area contributed by atoms with E-state index in [4.69, 9.17) is 10.1 Å². The monoisotopic (exact) mass is 311 g/mol. The smallest absolute Gasteiger partial charge is 0.182 e. The topological polar surface area (TPSA) is 30.7 Å². The molecule has 3 aromatic carbocycles. The molecule has 0 atom stereocenters. The molecular formula is C21H17N3. The van der Waals surface area contributed by atoms with E-state index in [0.717, 1.165) is 28.5 Å². The predicted octanol–water partition coefficient (Wildman–Crippen LogP) is 4.91. The summed E-state index contributed by atoms with van der Waals surface area (Å²) in [5.74, 6) is 1.58. The lowest BCUT2D eigenvalue weighted by Gasteiger charge is -2.08. The molecule has 4 rings (SSSR count). The molecule has 1 aromatic heterocycles. The van der Waals surface area contributed by atoms with Gasteiger partial charge in [-0.25, -0.2) is 9.67 Å². The number of nitrogens with zero attached hydrogens (tertiary/aromatic N) is 3. The minimum absolute atomic E-state index is 0.734. The standard InChI is InChI=1S/C21H17N3/c1-16-10-8-9-15-19(16)24-21(18-13-6-3-7-14-18)22-20(23-24)17-11-4-2-5-12-17/h2-15H,1H3. The van der Waals surface area contributed by atoms with Crippen molar-refractivity contribution in [2.75, 3.05) is 0 Å². The lowest BCUT2D eigenvalue weighted by atomic mass is 10.2. The molecular weight excluding hydrogens is 294 g/mol. The molecule has 4 aromatic rings. The van der Waals surface area contributed by atoms with Crippen LogP contribution in [0.5, 0.6) is 0 Å². The Kier molecular flexibility index (Phi) is 3.67. The molecule has 0 N–H and O–H groups in total. The van der Waals surface area contributed by atoms with Gasteiger partial charge >= 0.3 is 0 Å². The number of rotatable bonds is 3. The van der Waals surface area contributed by atoms with Crippen LogP contribution in [-0.2, 0) is 0 Å². The number of hydrogen-bond donors (Lipinski definition) is 0. The fraction of sp³-hybridized carbons (Fsp3) is 0.0476. The second-order valence-corrected chi connectivity index (χ2v) is 5.69. The van der Waals surface area contributed by atoms with Gasteiger partial charge in [-0.3, -0.25) is 0 Å². The molecule has 3 heteroatoms. The van der Waals surface area contributed by atoms with Crippen LogP contribution in [-0.4, -0.2) is 14.8 Å². The second kappa shape index (κ2) is 6.13. The fourth-order valence-corrected chi connectivity index (χ4v) is 2.76. The highest BCUT2D eigenvalue weighted by Gasteiger charge is 2.15. The third-order valence-electron chi connectivity index (χ3n) is 4.01. The molecule has 3 nitrogen and oxygen atoms in total. The van der Waals surface area contributed by atoms with Crippen LogP contribution < -0.4 is 0 Å². The molecule has 0 aliphatic heterocycles. The van der Waals surface area contributed by atoms with Gasteiger partial charge in [-0.05, 0) is 18.6 Å². The normalized spacial score (nSPS) is 10.7. The fourth-order valence-electron chi connectivity index (χ4n) is 2.76. The Morgan fingerprint density at radius 3 is 1.92 bits per heavy atom. The van der Waals surface area contributed by atoms with E-state index >= 15 is 0 Å². The highest BCUT2D eigenvalue weighted by Crippen LogP contribution is 2.26. The molecule has 0 aliphatic rings. The van der Waals surface area contributed by atoms with Gasteiger partial charge in [0.25, 0.3) is 0 Å². The van der Waals surface area contributed by atoms with Gasteiger partial charge in [0.15, 0.2) is 11.6 Å². The van der Waals surface area contributed by atoms with Crippen LogP contribution in [0.15, 0.2) is 84.9 Å². The van der Waals surface area contributed by atoms with Crippen molar-refractivity contribution in [3.63, 3.8) is 0 Å². The van der Waals surface area contributed by atoms with Crippen molar-refractivity contribution in [2.24, 2.45) is 0 Å². The second-order valence-electron chi connectivity index (χ2n) is 5.69. The van der Waals surface area contributed by atoms with Gasteiger partial charge < -0.3 is 0 Å². The summed E-state index contributed by atoms with van der Waals surface area (Å²) in [6.45, 7) is 2.09. The zero-order valence-corrected chi connectivity index (χ0v) is 13.4. The maximum Gasteiger partial charge on any atom is 0.182 e. The van der Waals surface area contributed by atoms with Crippen LogP contribution in [0, 0.1) is 6.92 Å². The number of aromatic nitrogens is 3. The van der Waals surface area contributed by atoms with Crippen molar-refractivity contribution >= 4 is 0 Å². The van der Waals surface area contributed by atoms with E-state index in [1.807, 2.05) is 65.3 Å². The zero-order chi connectivity index (χ0) is 16.4. The SMILES string of the molecule is Cc1ccccc1-n1nc(-c2ccccc2)nc1-c1ccccc1. The van der Waals surface area contributed by atoms with Crippen LogP contribution in [0.1, 0.15) is 5.56 Å². The van der Waals surface area contributed by atoms with Gasteiger partial charge in [0.1, 0.15) is 0 Å². The van der Waals surface area contributed by atoms with E-state index in [-0.39, 0.29) is 0 Å². The average Bonchev–Trinajstić information content (AvgIpc) is 3.09. The molecule has 0 spiro atoms. The summed E-state index contributed by atoms with van der Waals surface area (Å²) >= 11 is 0. The van der Waals surface area contributed by atoms with E-state index in [9.17, 15) is 0 Å². The van der Waals surface area contributed by atoms with Gasteiger partial charge in [0.05, 0.1) is 5.69 Å². The van der Waals surface area contributed by atoms with Gasteiger partial charge in [-0.15, -0.1) is 5.10 Å². The third-order valence-corrected chi connectivity index (χ3v) is 4.01. The summed E-state index contributed by atoms with van der Waals surface area (Å²) in [4.78, 5) is 4.82. The largest absolute Gasteiger partial charge is 0.212 e. The van der Waals surface area contributed by atoms with Crippen LogP contribution in [0.25, 0.3) is 28.5 Å². The molecule has 0 radical (unpaired) electrons. The van der Waals surface area contributed by atoms with Crippen LogP contribution in [0.2, 0.25) is 0 Å². The first-order valence-corrected chi connectivity index (χ1v) is 7.97. The summed E-state index contributed by atoms with van der Waals surface area (Å²) in [7, 11) is 0. The average molecular weight is 311 g/mol. The molecule has 0 aliphatic carbocycles. The molecule has 0 saturated heterocycles. The van der Waals surface area contributed by atoms with Crippen molar-refractivity contribution in [2.45, 2.75) is 6.92 Å². The summed E-state index contributed by atoms with van der Waals surface area (Å²) < 4.78 is 1.94. The maximum absolute atomic E-state index is 4.82. The first-order chi connectivity index (χ1) is 11.8. The first-order valence-electron chi connectivity index (χ1n) is 7.97. The van der Waals surface area contributed by atoms with Gasteiger partial charge in [-0.2, -0.15) is 0 Å². The molecule has 1 heterocycles. The predicted molar refractivity (Wildman–Crippen MR) is 97.0 cm³/mol. The maximum atomic E-state index is 4.82. The van der Waals surface area contributed by atoms with Gasteiger partial charge in [0.2, 0.25) is 0 Å². The first kappa shape index (κ1) is 14.4. The van der Waals surface area contributed by atoms with Crippen molar-refractivity contribution in [1.29, 1.82) is 0 Å². The Bertz CT molecular complexity index is 957. The summed E-state index contributed by atoms with van der Waals surface area (Å²) in [6, 6.07) is 28.5. The molecule has 0 amide bonds. The number of hydrogen-bond acceptors (Lipinski definition) is 2. The Labute approximate surface area is 141 Å². The van der Waals surface area contributed by atoms with Gasteiger partial charge in [-0.1, -0.05) is 78.9 Å². The van der Waals surface area contributed by atoms with Crippen molar-refractivity contribution in [1.82, 2.24) is 14.8 Å². The van der Waals surface area contributed by atoms with Crippen LogP contribution in [0.4, 0.5) is 0 Å². The van der Waals surface area contributed by atoms with E-state index in [2.05, 4.69) is 31.2 Å². The molecule has 0 fully saturated rings. The Morgan fingerprint density at radius 2 is 1.25 bits per heavy atom. The number of para-hydroxylation sites is 1. The van der Waals surface area contributed by atoms with E-state index in [1.165, 1.54) is 5.56 Å². The van der Waals surface area contributed by atoms with Crippen molar-refractivity contribution < 1.29 is 0 Å². The third kappa shape index (κ3) is 2.61. The number of benzene rings is 3. The lowest BCUT2D eigenvalue weighted by Crippen LogP contribution is -2.01. The van der Waals surface area contributed by atoms with Crippen molar-refractivity contribution in [3.8, 4) is 28.5 Å². The highest BCUT2D eigenvalue weighted by molar-refractivity contribution is 5.64. The molecule has 0 bridgehead atoms. The minimum Gasteiger partial charge on any atom is -0.212 e. The zero-order valence-electron chi connectivity index (χ0n) is 13.4.